The zero-order valence-corrected chi connectivity index (χ0v) is 16.5. The Balaban J connectivity index is 0.00000225. The summed E-state index contributed by atoms with van der Waals surface area (Å²) in [7, 11) is 1.96. The van der Waals surface area contributed by atoms with Gasteiger partial charge in [0, 0.05) is 35.5 Å². The molecule has 1 atom stereocenters. The monoisotopic (exact) mass is 403 g/mol. The van der Waals surface area contributed by atoms with Gasteiger partial charge in [-0.1, -0.05) is 11.6 Å². The molecular weight excluding hydrogens is 381 g/mol. The van der Waals surface area contributed by atoms with Gasteiger partial charge in [0.1, 0.15) is 6.04 Å². The molecular formula is C17H23Cl2N3O2S. The summed E-state index contributed by atoms with van der Waals surface area (Å²) in [5.74, 6) is 1.21. The van der Waals surface area contributed by atoms with Crippen molar-refractivity contribution in [2.75, 3.05) is 31.8 Å². The van der Waals surface area contributed by atoms with Crippen LogP contribution in [0.4, 0.5) is 0 Å². The Kier molecular flexibility index (Phi) is 7.43. The summed E-state index contributed by atoms with van der Waals surface area (Å²) in [4.78, 5) is 29.2. The number of nitrogens with one attached hydrogen (secondary N) is 1. The Morgan fingerprint density at radius 3 is 2.44 bits per heavy atom. The molecule has 8 heteroatoms. The van der Waals surface area contributed by atoms with Crippen LogP contribution in [0, 0.1) is 0 Å². The van der Waals surface area contributed by atoms with Crippen LogP contribution < -0.4 is 5.32 Å². The molecule has 1 aromatic rings. The van der Waals surface area contributed by atoms with Crippen LogP contribution in [0.2, 0.25) is 5.02 Å². The Hall–Kier alpha value is -0.950. The second-order valence-corrected chi connectivity index (χ2v) is 7.62. The Bertz CT molecular complexity index is 606. The van der Waals surface area contributed by atoms with Crippen molar-refractivity contribution in [3.8, 4) is 0 Å². The third kappa shape index (κ3) is 4.61. The molecule has 2 heterocycles. The number of nitrogens with zero attached hydrogens (tertiary/aromatic N) is 2. The Morgan fingerprint density at radius 1 is 1.20 bits per heavy atom. The number of likely N-dealkylation sites (tertiary alicyclic amines) is 1. The molecule has 2 amide bonds. The van der Waals surface area contributed by atoms with Gasteiger partial charge in [0.25, 0.3) is 5.91 Å². The number of carbonyl (C=O) groups excluding carboxylic acids is 2. The average Bonchev–Trinajstić information content (AvgIpc) is 3.11. The molecule has 0 saturated carbocycles. The minimum absolute atomic E-state index is 0. The standard InChI is InChI=1S/C17H22ClN3O2S.ClH/c1-19-14-6-8-20(9-7-14)17(23)15-10-24-11-21(15)16(22)12-2-4-13(18)5-3-12;/h2-5,14-15,19H,6-11H2,1H3;1H. The number of hydrogen-bond donors (Lipinski definition) is 1. The third-order valence-electron chi connectivity index (χ3n) is 4.73. The summed E-state index contributed by atoms with van der Waals surface area (Å²) >= 11 is 7.52. The number of benzene rings is 1. The normalized spacial score (nSPS) is 21.1. The highest BCUT2D eigenvalue weighted by Gasteiger charge is 2.38. The number of amides is 2. The zero-order chi connectivity index (χ0) is 17.1. The number of thioether (sulfide) groups is 1. The van der Waals surface area contributed by atoms with Crippen LogP contribution in [-0.4, -0.2) is 65.5 Å². The van der Waals surface area contributed by atoms with Crippen molar-refractivity contribution in [3.05, 3.63) is 34.9 Å². The van der Waals surface area contributed by atoms with Gasteiger partial charge in [-0.05, 0) is 44.2 Å². The molecule has 1 unspecified atom stereocenters. The fourth-order valence-electron chi connectivity index (χ4n) is 3.20. The first-order valence-electron chi connectivity index (χ1n) is 8.20. The van der Waals surface area contributed by atoms with Crippen LogP contribution in [0.25, 0.3) is 0 Å². The average molecular weight is 404 g/mol. The summed E-state index contributed by atoms with van der Waals surface area (Å²) in [5, 5.41) is 3.87. The van der Waals surface area contributed by atoms with Gasteiger partial charge < -0.3 is 15.1 Å². The van der Waals surface area contributed by atoms with Crippen molar-refractivity contribution in [1.29, 1.82) is 0 Å². The smallest absolute Gasteiger partial charge is 0.255 e. The van der Waals surface area contributed by atoms with Gasteiger partial charge in [-0.2, -0.15) is 0 Å². The highest BCUT2D eigenvalue weighted by atomic mass is 35.5. The summed E-state index contributed by atoms with van der Waals surface area (Å²) < 4.78 is 0. The maximum atomic E-state index is 12.9. The molecule has 2 aliphatic heterocycles. The zero-order valence-electron chi connectivity index (χ0n) is 14.1. The molecule has 1 N–H and O–H groups in total. The van der Waals surface area contributed by atoms with Gasteiger partial charge in [0.2, 0.25) is 5.91 Å². The van der Waals surface area contributed by atoms with Crippen molar-refractivity contribution < 1.29 is 9.59 Å². The summed E-state index contributed by atoms with van der Waals surface area (Å²) in [6, 6.07) is 6.97. The molecule has 2 fully saturated rings. The predicted molar refractivity (Wildman–Crippen MR) is 105 cm³/mol. The van der Waals surface area contributed by atoms with Crippen LogP contribution in [0.1, 0.15) is 23.2 Å². The maximum absolute atomic E-state index is 12.9. The molecule has 138 valence electrons. The Morgan fingerprint density at radius 2 is 1.84 bits per heavy atom. The highest BCUT2D eigenvalue weighted by Crippen LogP contribution is 2.26. The maximum Gasteiger partial charge on any atom is 0.255 e. The quantitative estimate of drug-likeness (QED) is 0.841. The Labute approximate surface area is 163 Å². The van der Waals surface area contributed by atoms with Crippen LogP contribution in [0.5, 0.6) is 0 Å². The largest absolute Gasteiger partial charge is 0.341 e. The lowest BCUT2D eigenvalue weighted by atomic mass is 10.0. The summed E-state index contributed by atoms with van der Waals surface area (Å²) in [5.41, 5.74) is 0.577. The van der Waals surface area contributed by atoms with Crippen LogP contribution in [0.15, 0.2) is 24.3 Å². The molecule has 5 nitrogen and oxygen atoms in total. The summed E-state index contributed by atoms with van der Waals surface area (Å²) in [6.45, 7) is 1.52. The van der Waals surface area contributed by atoms with Gasteiger partial charge in [0.15, 0.2) is 0 Å². The predicted octanol–water partition coefficient (Wildman–Crippen LogP) is 2.49. The second kappa shape index (κ2) is 9.12. The fraction of sp³-hybridized carbons (Fsp3) is 0.529. The highest BCUT2D eigenvalue weighted by molar-refractivity contribution is 7.99. The molecule has 0 radical (unpaired) electrons. The SMILES string of the molecule is CNC1CCN(C(=O)C2CSCN2C(=O)c2ccc(Cl)cc2)CC1.Cl. The number of rotatable bonds is 3. The lowest BCUT2D eigenvalue weighted by molar-refractivity contribution is -0.136. The number of carbonyl (C=O) groups is 2. The molecule has 0 aliphatic carbocycles. The lowest BCUT2D eigenvalue weighted by Gasteiger charge is -2.35. The lowest BCUT2D eigenvalue weighted by Crippen LogP contribution is -2.52. The van der Waals surface area contributed by atoms with E-state index in [2.05, 4.69) is 5.32 Å². The molecule has 0 bridgehead atoms. The molecule has 3 rings (SSSR count). The van der Waals surface area contributed by atoms with E-state index in [-0.39, 0.29) is 30.3 Å². The van der Waals surface area contributed by atoms with E-state index < -0.39 is 0 Å². The van der Waals surface area contributed by atoms with Crippen molar-refractivity contribution in [3.63, 3.8) is 0 Å². The minimum Gasteiger partial charge on any atom is -0.341 e. The minimum atomic E-state index is -0.357. The van der Waals surface area contributed by atoms with E-state index in [1.54, 1.807) is 40.9 Å². The first-order chi connectivity index (χ1) is 11.6. The van der Waals surface area contributed by atoms with Crippen molar-refractivity contribution in [2.24, 2.45) is 0 Å². The van der Waals surface area contributed by atoms with Crippen molar-refractivity contribution in [2.45, 2.75) is 24.9 Å². The van der Waals surface area contributed by atoms with Gasteiger partial charge in [-0.3, -0.25) is 9.59 Å². The van der Waals surface area contributed by atoms with E-state index in [1.807, 2.05) is 11.9 Å². The van der Waals surface area contributed by atoms with Gasteiger partial charge >= 0.3 is 0 Å². The summed E-state index contributed by atoms with van der Waals surface area (Å²) in [6.07, 6.45) is 1.93. The molecule has 2 aliphatic rings. The second-order valence-electron chi connectivity index (χ2n) is 6.19. The van der Waals surface area contributed by atoms with Crippen LogP contribution in [-0.2, 0) is 4.79 Å². The van der Waals surface area contributed by atoms with Crippen LogP contribution >= 0.6 is 35.8 Å². The number of hydrogen-bond acceptors (Lipinski definition) is 4. The molecule has 1 aromatic carbocycles. The van der Waals surface area contributed by atoms with Gasteiger partial charge in [-0.25, -0.2) is 0 Å². The fourth-order valence-corrected chi connectivity index (χ4v) is 4.48. The van der Waals surface area contributed by atoms with Crippen molar-refractivity contribution >= 4 is 47.6 Å². The molecule has 0 spiro atoms. The van der Waals surface area contributed by atoms with E-state index in [0.29, 0.717) is 28.3 Å². The molecule has 25 heavy (non-hydrogen) atoms. The van der Waals surface area contributed by atoms with Gasteiger partial charge in [-0.15, -0.1) is 24.2 Å². The molecule has 0 aromatic heterocycles. The topological polar surface area (TPSA) is 52.7 Å². The van der Waals surface area contributed by atoms with E-state index in [0.717, 1.165) is 25.9 Å². The van der Waals surface area contributed by atoms with E-state index in [9.17, 15) is 9.59 Å². The van der Waals surface area contributed by atoms with E-state index in [1.165, 1.54) is 0 Å². The van der Waals surface area contributed by atoms with E-state index >= 15 is 0 Å². The molecule has 2 saturated heterocycles. The van der Waals surface area contributed by atoms with Crippen LogP contribution in [0.3, 0.4) is 0 Å². The number of halogens is 2. The number of piperidine rings is 1. The first-order valence-corrected chi connectivity index (χ1v) is 9.73. The third-order valence-corrected chi connectivity index (χ3v) is 6.00. The van der Waals surface area contributed by atoms with Crippen molar-refractivity contribution in [1.82, 2.24) is 15.1 Å². The van der Waals surface area contributed by atoms with E-state index in [4.69, 9.17) is 11.6 Å². The van der Waals surface area contributed by atoms with Gasteiger partial charge in [0.05, 0.1) is 5.88 Å². The first kappa shape index (κ1) is 20.4.